The number of rotatable bonds is 3. The van der Waals surface area contributed by atoms with Gasteiger partial charge in [-0.05, 0) is 30.3 Å². The molecule has 1 aliphatic heterocycles. The number of fused-ring (bicyclic) bond motifs is 4. The second kappa shape index (κ2) is 7.44. The van der Waals surface area contributed by atoms with Crippen LogP contribution in [-0.4, -0.2) is 29.5 Å². The molecule has 6 rings (SSSR count). The lowest BCUT2D eigenvalue weighted by molar-refractivity contribution is 0.621. The minimum atomic E-state index is -0.0662. The summed E-state index contributed by atoms with van der Waals surface area (Å²) in [6.45, 7) is 0. The molecule has 152 valence electrons. The van der Waals surface area contributed by atoms with Gasteiger partial charge in [0.1, 0.15) is 23.3 Å². The quantitative estimate of drug-likeness (QED) is 0.520. The third kappa shape index (κ3) is 3.17. The molecule has 1 aliphatic carbocycles. The Morgan fingerprint density at radius 1 is 1.06 bits per heavy atom. The molecule has 7 nitrogen and oxygen atoms in total. The molecule has 0 fully saturated rings. The normalized spacial score (nSPS) is 19.0. The van der Waals surface area contributed by atoms with E-state index in [0.29, 0.717) is 22.5 Å². The fourth-order valence-corrected chi connectivity index (χ4v) is 5.34. The minimum Gasteiger partial charge on any atom is -0.356 e. The zero-order valence-electron chi connectivity index (χ0n) is 16.2. The molecule has 9 heteroatoms. The van der Waals surface area contributed by atoms with E-state index in [2.05, 4.69) is 20.1 Å². The SMILES string of the molecule is O=c1c2ccccc2nc(CSC2=N[C@H]3c4nsnc4C=C[C@@H]3N2)n1-c1ccccc1. The Morgan fingerprint density at radius 3 is 2.81 bits per heavy atom. The fourth-order valence-electron chi connectivity index (χ4n) is 3.90. The number of hydrogen-bond acceptors (Lipinski definition) is 8. The van der Waals surface area contributed by atoms with E-state index in [0.717, 1.165) is 22.2 Å². The Hall–Kier alpha value is -3.30. The van der Waals surface area contributed by atoms with E-state index in [1.807, 2.05) is 60.7 Å². The number of hydrogen-bond donors (Lipinski definition) is 1. The van der Waals surface area contributed by atoms with E-state index < -0.39 is 0 Å². The van der Waals surface area contributed by atoms with Crippen molar-refractivity contribution in [3.05, 3.63) is 88.2 Å². The Labute approximate surface area is 185 Å². The Kier molecular flexibility index (Phi) is 4.43. The van der Waals surface area contributed by atoms with Crippen LogP contribution in [-0.2, 0) is 5.75 Å². The smallest absolute Gasteiger partial charge is 0.265 e. The molecule has 0 saturated heterocycles. The lowest BCUT2D eigenvalue weighted by Crippen LogP contribution is -2.30. The summed E-state index contributed by atoms with van der Waals surface area (Å²) in [6.07, 6.45) is 4.08. The van der Waals surface area contributed by atoms with Crippen molar-refractivity contribution in [1.29, 1.82) is 0 Å². The van der Waals surface area contributed by atoms with Crippen LogP contribution in [0, 0.1) is 0 Å². The predicted molar refractivity (Wildman–Crippen MR) is 125 cm³/mol. The average molecular weight is 445 g/mol. The number of nitrogens with one attached hydrogen (secondary N) is 1. The van der Waals surface area contributed by atoms with E-state index in [1.165, 1.54) is 11.7 Å². The monoisotopic (exact) mass is 444 g/mol. The van der Waals surface area contributed by atoms with Gasteiger partial charge in [0.25, 0.3) is 5.56 Å². The lowest BCUT2D eigenvalue weighted by Gasteiger charge is -2.16. The molecule has 2 aromatic carbocycles. The largest absolute Gasteiger partial charge is 0.356 e. The average Bonchev–Trinajstić information content (AvgIpc) is 3.44. The molecule has 0 amide bonds. The standard InChI is InChI=1S/C22H16N6OS2/c29-21-14-8-4-5-9-15(14)23-18(28(21)13-6-2-1-3-7-13)12-30-22-24-16-10-11-17-20(19(16)25-22)27-31-26-17/h1-11,16,19H,12H2,(H,24,25)/t16-,19+/m0/s1. The van der Waals surface area contributed by atoms with Crippen molar-refractivity contribution >= 4 is 45.6 Å². The van der Waals surface area contributed by atoms with Gasteiger partial charge in [0.05, 0.1) is 40.1 Å². The van der Waals surface area contributed by atoms with Gasteiger partial charge < -0.3 is 5.32 Å². The third-order valence-corrected chi connectivity index (χ3v) is 6.82. The number of thioether (sulfide) groups is 1. The Morgan fingerprint density at radius 2 is 1.90 bits per heavy atom. The minimum absolute atomic E-state index is 0.0536. The van der Waals surface area contributed by atoms with Crippen LogP contribution in [0.5, 0.6) is 0 Å². The highest BCUT2D eigenvalue weighted by atomic mass is 32.2. The van der Waals surface area contributed by atoms with Gasteiger partial charge in [0.2, 0.25) is 0 Å². The van der Waals surface area contributed by atoms with E-state index in [9.17, 15) is 4.79 Å². The first-order valence-electron chi connectivity index (χ1n) is 9.82. The molecular formula is C22H16N6OS2. The molecule has 2 aliphatic rings. The van der Waals surface area contributed by atoms with E-state index >= 15 is 0 Å². The van der Waals surface area contributed by atoms with E-state index in [1.54, 1.807) is 16.3 Å². The van der Waals surface area contributed by atoms with Gasteiger partial charge in [-0.1, -0.05) is 48.2 Å². The summed E-state index contributed by atoms with van der Waals surface area (Å²) in [4.78, 5) is 23.0. The highest BCUT2D eigenvalue weighted by molar-refractivity contribution is 8.13. The molecule has 31 heavy (non-hydrogen) atoms. The summed E-state index contributed by atoms with van der Waals surface area (Å²) in [6, 6.07) is 17.1. The molecule has 0 saturated carbocycles. The van der Waals surface area contributed by atoms with Crippen LogP contribution < -0.4 is 10.9 Å². The maximum Gasteiger partial charge on any atom is 0.265 e. The number of aromatic nitrogens is 4. The van der Waals surface area contributed by atoms with Crippen molar-refractivity contribution < 1.29 is 0 Å². The Bertz CT molecular complexity index is 1410. The van der Waals surface area contributed by atoms with Crippen molar-refractivity contribution in [3.63, 3.8) is 0 Å². The van der Waals surface area contributed by atoms with Gasteiger partial charge in [-0.3, -0.25) is 14.4 Å². The van der Waals surface area contributed by atoms with Gasteiger partial charge in [0, 0.05) is 0 Å². The van der Waals surface area contributed by atoms with Gasteiger partial charge in [0.15, 0.2) is 5.17 Å². The second-order valence-electron chi connectivity index (χ2n) is 7.25. The van der Waals surface area contributed by atoms with Crippen molar-refractivity contribution in [2.75, 3.05) is 0 Å². The molecule has 0 unspecified atom stereocenters. The summed E-state index contributed by atoms with van der Waals surface area (Å²) in [5, 5.41) is 4.88. The highest BCUT2D eigenvalue weighted by Crippen LogP contribution is 2.34. The summed E-state index contributed by atoms with van der Waals surface area (Å²) < 4.78 is 10.4. The maximum atomic E-state index is 13.3. The van der Waals surface area contributed by atoms with Crippen LogP contribution in [0.4, 0.5) is 0 Å². The molecule has 0 spiro atoms. The van der Waals surface area contributed by atoms with Crippen LogP contribution in [0.3, 0.4) is 0 Å². The first-order chi connectivity index (χ1) is 15.3. The van der Waals surface area contributed by atoms with Gasteiger partial charge >= 0.3 is 0 Å². The van der Waals surface area contributed by atoms with Crippen molar-refractivity contribution in [3.8, 4) is 5.69 Å². The van der Waals surface area contributed by atoms with Crippen molar-refractivity contribution in [2.24, 2.45) is 4.99 Å². The number of benzene rings is 2. The third-order valence-electron chi connectivity index (χ3n) is 5.37. The molecular weight excluding hydrogens is 428 g/mol. The highest BCUT2D eigenvalue weighted by Gasteiger charge is 2.34. The number of para-hydroxylation sites is 2. The molecule has 2 aromatic heterocycles. The molecule has 1 N–H and O–H groups in total. The summed E-state index contributed by atoms with van der Waals surface area (Å²) >= 11 is 2.76. The fraction of sp³-hybridized carbons (Fsp3) is 0.136. The summed E-state index contributed by atoms with van der Waals surface area (Å²) in [7, 11) is 0. The molecule has 0 radical (unpaired) electrons. The van der Waals surface area contributed by atoms with Crippen LogP contribution in [0.25, 0.3) is 22.7 Å². The van der Waals surface area contributed by atoms with E-state index in [-0.39, 0.29) is 17.6 Å². The number of aliphatic imine (C=N–C) groups is 1. The first-order valence-corrected chi connectivity index (χ1v) is 11.5. The van der Waals surface area contributed by atoms with Gasteiger partial charge in [-0.25, -0.2) is 4.98 Å². The van der Waals surface area contributed by atoms with Crippen molar-refractivity contribution in [1.82, 2.24) is 23.6 Å². The zero-order valence-corrected chi connectivity index (χ0v) is 17.8. The summed E-state index contributed by atoms with van der Waals surface area (Å²) in [5.41, 5.74) is 3.26. The molecule has 4 aromatic rings. The lowest BCUT2D eigenvalue weighted by atomic mass is 9.99. The van der Waals surface area contributed by atoms with Crippen LogP contribution in [0.2, 0.25) is 0 Å². The van der Waals surface area contributed by atoms with Crippen molar-refractivity contribution in [2.45, 2.75) is 17.8 Å². The predicted octanol–water partition coefficient (Wildman–Crippen LogP) is 3.57. The zero-order chi connectivity index (χ0) is 20.8. The van der Waals surface area contributed by atoms with Crippen LogP contribution >= 0.6 is 23.5 Å². The topological polar surface area (TPSA) is 85.1 Å². The molecule has 2 atom stereocenters. The summed E-state index contributed by atoms with van der Waals surface area (Å²) in [5.74, 6) is 1.19. The first kappa shape index (κ1) is 18.5. The van der Waals surface area contributed by atoms with E-state index in [4.69, 9.17) is 9.98 Å². The van der Waals surface area contributed by atoms with Crippen LogP contribution in [0.1, 0.15) is 23.3 Å². The number of amidine groups is 1. The maximum absolute atomic E-state index is 13.3. The van der Waals surface area contributed by atoms with Crippen LogP contribution in [0.15, 0.2) is 70.5 Å². The Balaban J connectivity index is 1.36. The second-order valence-corrected chi connectivity index (χ2v) is 8.75. The molecule has 3 heterocycles. The van der Waals surface area contributed by atoms with Gasteiger partial charge in [-0.15, -0.1) is 0 Å². The van der Waals surface area contributed by atoms with Gasteiger partial charge in [-0.2, -0.15) is 8.75 Å². The molecule has 0 bridgehead atoms. The number of nitrogens with zero attached hydrogens (tertiary/aromatic N) is 5.